The highest BCUT2D eigenvalue weighted by molar-refractivity contribution is 6.04. The number of carbonyl (C=O) groups excluding carboxylic acids is 2. The third kappa shape index (κ3) is 2.92. The van der Waals surface area contributed by atoms with Crippen molar-refractivity contribution in [3.05, 3.63) is 65.2 Å². The van der Waals surface area contributed by atoms with Gasteiger partial charge in [0.15, 0.2) is 0 Å². The van der Waals surface area contributed by atoms with Crippen molar-refractivity contribution in [3.63, 3.8) is 0 Å². The van der Waals surface area contributed by atoms with E-state index in [-0.39, 0.29) is 12.5 Å². The van der Waals surface area contributed by atoms with Crippen LogP contribution < -0.4 is 10.1 Å². The Bertz CT molecular complexity index is 824. The van der Waals surface area contributed by atoms with Crippen LogP contribution in [0.4, 0.5) is 4.79 Å². The van der Waals surface area contributed by atoms with Gasteiger partial charge in [0.25, 0.3) is 5.91 Å². The third-order valence-corrected chi connectivity index (χ3v) is 3.87. The van der Waals surface area contributed by atoms with Gasteiger partial charge >= 0.3 is 6.03 Å². The number of nitrogens with one attached hydrogen (secondary N) is 1. The van der Waals surface area contributed by atoms with Crippen molar-refractivity contribution in [3.8, 4) is 11.8 Å². The van der Waals surface area contributed by atoms with Crippen molar-refractivity contribution >= 4 is 11.9 Å². The van der Waals surface area contributed by atoms with Crippen LogP contribution in [0.15, 0.2) is 48.5 Å². The fourth-order valence-corrected chi connectivity index (χ4v) is 2.61. The second kappa shape index (κ2) is 6.42. The summed E-state index contributed by atoms with van der Waals surface area (Å²) in [6.45, 7) is 0.132. The molecule has 0 aromatic heterocycles. The molecule has 1 aliphatic heterocycles. The van der Waals surface area contributed by atoms with Crippen LogP contribution in [0.5, 0.6) is 5.75 Å². The quantitative estimate of drug-likeness (QED) is 0.876. The lowest BCUT2D eigenvalue weighted by molar-refractivity contribution is -0.128. The van der Waals surface area contributed by atoms with Crippen molar-refractivity contribution in [2.24, 2.45) is 0 Å². The van der Waals surface area contributed by atoms with Gasteiger partial charge in [-0.2, -0.15) is 5.26 Å². The molecule has 6 nitrogen and oxygen atoms in total. The van der Waals surface area contributed by atoms with Crippen molar-refractivity contribution < 1.29 is 14.3 Å². The van der Waals surface area contributed by atoms with E-state index in [2.05, 4.69) is 5.32 Å². The first-order valence-electron chi connectivity index (χ1n) is 7.37. The molecule has 24 heavy (non-hydrogen) atoms. The van der Waals surface area contributed by atoms with Crippen LogP contribution in [-0.2, 0) is 11.3 Å². The number of nitriles is 1. The lowest BCUT2D eigenvalue weighted by Gasteiger charge is -2.13. The second-order valence-electron chi connectivity index (χ2n) is 5.39. The maximum Gasteiger partial charge on any atom is 0.325 e. The first-order valence-corrected chi connectivity index (χ1v) is 7.37. The molecule has 0 bridgehead atoms. The van der Waals surface area contributed by atoms with Crippen molar-refractivity contribution in [2.45, 2.75) is 12.6 Å². The Morgan fingerprint density at radius 2 is 1.96 bits per heavy atom. The highest BCUT2D eigenvalue weighted by Gasteiger charge is 2.38. The molecule has 2 aromatic rings. The van der Waals surface area contributed by atoms with E-state index in [1.807, 2.05) is 6.07 Å². The molecule has 1 fully saturated rings. The highest BCUT2D eigenvalue weighted by Crippen LogP contribution is 2.25. The van der Waals surface area contributed by atoms with Gasteiger partial charge in [0, 0.05) is 0 Å². The minimum atomic E-state index is -0.706. The number of urea groups is 1. The number of amides is 3. The van der Waals surface area contributed by atoms with Crippen molar-refractivity contribution in [1.82, 2.24) is 10.2 Å². The Balaban J connectivity index is 1.79. The van der Waals surface area contributed by atoms with E-state index in [1.54, 1.807) is 55.6 Å². The molecule has 0 aliphatic carbocycles. The molecule has 0 saturated carbocycles. The van der Waals surface area contributed by atoms with Gasteiger partial charge in [-0.05, 0) is 35.4 Å². The lowest BCUT2D eigenvalue weighted by atomic mass is 10.1. The van der Waals surface area contributed by atoms with Crippen LogP contribution in [-0.4, -0.2) is 23.9 Å². The molecular weight excluding hydrogens is 306 g/mol. The highest BCUT2D eigenvalue weighted by atomic mass is 16.5. The molecule has 6 heteroatoms. The van der Waals surface area contributed by atoms with Crippen LogP contribution >= 0.6 is 0 Å². The van der Waals surface area contributed by atoms with Crippen molar-refractivity contribution in [2.75, 3.05) is 7.11 Å². The molecule has 3 amide bonds. The number of ether oxygens (including phenoxy) is 1. The molecular formula is C18H15N3O3. The van der Waals surface area contributed by atoms with E-state index in [9.17, 15) is 9.59 Å². The molecule has 120 valence electrons. The first kappa shape index (κ1) is 15.6. The topological polar surface area (TPSA) is 82.4 Å². The van der Waals surface area contributed by atoms with Gasteiger partial charge in [0.2, 0.25) is 0 Å². The zero-order valence-corrected chi connectivity index (χ0v) is 13.0. The van der Waals surface area contributed by atoms with Gasteiger partial charge < -0.3 is 10.1 Å². The maximum absolute atomic E-state index is 12.6. The molecule has 2 aromatic carbocycles. The van der Waals surface area contributed by atoms with E-state index in [0.29, 0.717) is 16.9 Å². The van der Waals surface area contributed by atoms with Crippen molar-refractivity contribution in [1.29, 1.82) is 5.26 Å². The molecule has 1 aliphatic rings. The average Bonchev–Trinajstić information content (AvgIpc) is 2.90. The summed E-state index contributed by atoms with van der Waals surface area (Å²) in [6, 6.07) is 14.7. The van der Waals surface area contributed by atoms with Gasteiger partial charge in [0.05, 0.1) is 25.3 Å². The maximum atomic E-state index is 12.6. The number of methoxy groups -OCH3 is 1. The number of hydrogen-bond acceptors (Lipinski definition) is 4. The van der Waals surface area contributed by atoms with Crippen LogP contribution in [0.1, 0.15) is 22.7 Å². The number of imide groups is 1. The SMILES string of the molecule is COc1ccc(C2NC(=O)N(Cc3cccc(C#N)c3)C2=O)cc1. The fraction of sp³-hybridized carbons (Fsp3) is 0.167. The first-order chi connectivity index (χ1) is 11.6. The molecule has 1 unspecified atom stereocenters. The number of benzene rings is 2. The second-order valence-corrected chi connectivity index (χ2v) is 5.39. The Hall–Kier alpha value is -3.33. The molecule has 3 rings (SSSR count). The van der Waals surface area contributed by atoms with E-state index < -0.39 is 12.1 Å². The van der Waals surface area contributed by atoms with Gasteiger partial charge in [-0.15, -0.1) is 0 Å². The van der Waals surface area contributed by atoms with Gasteiger partial charge in [-0.25, -0.2) is 4.79 Å². The van der Waals surface area contributed by atoms with Gasteiger partial charge in [-0.1, -0.05) is 24.3 Å². The number of rotatable bonds is 4. The predicted octanol–water partition coefficient (Wildman–Crippen LogP) is 2.36. The zero-order chi connectivity index (χ0) is 17.1. The van der Waals surface area contributed by atoms with Crippen LogP contribution in [0.3, 0.4) is 0 Å². The molecule has 1 atom stereocenters. The monoisotopic (exact) mass is 321 g/mol. The Morgan fingerprint density at radius 3 is 2.62 bits per heavy atom. The average molecular weight is 321 g/mol. The minimum Gasteiger partial charge on any atom is -0.497 e. The number of carbonyl (C=O) groups is 2. The smallest absolute Gasteiger partial charge is 0.325 e. The molecule has 1 heterocycles. The van der Waals surface area contributed by atoms with Crippen LogP contribution in [0, 0.1) is 11.3 Å². The summed E-state index contributed by atoms with van der Waals surface area (Å²) in [5.41, 5.74) is 1.92. The van der Waals surface area contributed by atoms with Crippen LogP contribution in [0.25, 0.3) is 0 Å². The fourth-order valence-electron chi connectivity index (χ4n) is 2.61. The molecule has 0 spiro atoms. The van der Waals surface area contributed by atoms with E-state index >= 15 is 0 Å². The standard InChI is InChI=1S/C18H15N3O3/c1-24-15-7-5-14(6-8-15)16-17(22)21(18(23)20-16)11-13-4-2-3-12(9-13)10-19/h2-9,16H,11H2,1H3,(H,20,23). The molecule has 1 saturated heterocycles. The molecule has 1 N–H and O–H groups in total. The summed E-state index contributed by atoms with van der Waals surface area (Å²) < 4.78 is 5.09. The number of nitrogens with zero attached hydrogens (tertiary/aromatic N) is 2. The normalized spacial score (nSPS) is 16.7. The van der Waals surface area contributed by atoms with E-state index in [4.69, 9.17) is 10.00 Å². The largest absolute Gasteiger partial charge is 0.497 e. The van der Waals surface area contributed by atoms with E-state index in [0.717, 1.165) is 10.5 Å². The summed E-state index contributed by atoms with van der Waals surface area (Å²) >= 11 is 0. The summed E-state index contributed by atoms with van der Waals surface area (Å²) in [5, 5.41) is 11.6. The van der Waals surface area contributed by atoms with Gasteiger partial charge in [0.1, 0.15) is 11.8 Å². The number of hydrogen-bond donors (Lipinski definition) is 1. The summed E-state index contributed by atoms with van der Waals surface area (Å²) in [6.07, 6.45) is 0. The summed E-state index contributed by atoms with van der Waals surface area (Å²) in [5.74, 6) is 0.369. The Labute approximate surface area is 139 Å². The lowest BCUT2D eigenvalue weighted by Crippen LogP contribution is -2.30. The predicted molar refractivity (Wildman–Crippen MR) is 86.0 cm³/mol. The summed E-state index contributed by atoms with van der Waals surface area (Å²) in [7, 11) is 1.56. The minimum absolute atomic E-state index is 0.132. The van der Waals surface area contributed by atoms with Gasteiger partial charge in [-0.3, -0.25) is 9.69 Å². The zero-order valence-electron chi connectivity index (χ0n) is 13.0. The third-order valence-electron chi connectivity index (χ3n) is 3.87. The Kier molecular flexibility index (Phi) is 4.17. The van der Waals surface area contributed by atoms with E-state index in [1.165, 1.54) is 0 Å². The molecule has 0 radical (unpaired) electrons. The van der Waals surface area contributed by atoms with Crippen LogP contribution in [0.2, 0.25) is 0 Å². The Morgan fingerprint density at radius 1 is 1.21 bits per heavy atom. The summed E-state index contributed by atoms with van der Waals surface area (Å²) in [4.78, 5) is 25.9.